The minimum atomic E-state index is -4.35. The van der Waals surface area contributed by atoms with Crippen LogP contribution in [-0.2, 0) is 0 Å². The topological polar surface area (TPSA) is 30.2 Å². The van der Waals surface area contributed by atoms with Gasteiger partial charge in [-0.3, -0.25) is 0 Å². The number of benzene rings is 1. The molecule has 0 saturated carbocycles. The van der Waals surface area contributed by atoms with E-state index >= 15 is 0 Å². The first-order valence-electron chi connectivity index (χ1n) is 4.65. The van der Waals surface area contributed by atoms with E-state index in [9.17, 15) is 18.0 Å². The number of hydrogen-bond acceptors (Lipinski definition) is 3. The molecule has 0 aliphatic heterocycles. The van der Waals surface area contributed by atoms with Crippen LogP contribution in [0.4, 0.5) is 13.2 Å². The van der Waals surface area contributed by atoms with Crippen LogP contribution in [0.3, 0.4) is 0 Å². The van der Waals surface area contributed by atoms with Gasteiger partial charge in [0.15, 0.2) is 0 Å². The summed E-state index contributed by atoms with van der Waals surface area (Å²) in [5.74, 6) is 0. The molecule has 0 spiro atoms. The van der Waals surface area contributed by atoms with Gasteiger partial charge < -0.3 is 4.42 Å². The summed E-state index contributed by atoms with van der Waals surface area (Å²) in [6.07, 6.45) is 0. The Morgan fingerprint density at radius 1 is 1.24 bits per heavy atom. The van der Waals surface area contributed by atoms with Crippen molar-refractivity contribution in [2.45, 2.75) is 17.3 Å². The van der Waals surface area contributed by atoms with Crippen LogP contribution >= 0.6 is 11.8 Å². The molecule has 0 bridgehead atoms. The molecule has 0 aliphatic carbocycles. The number of thioether (sulfide) groups is 1. The summed E-state index contributed by atoms with van der Waals surface area (Å²) in [6.45, 7) is 1.70. The molecule has 0 fully saturated rings. The maximum Gasteiger partial charge on any atom is 0.446 e. The van der Waals surface area contributed by atoms with Crippen LogP contribution in [0.25, 0.3) is 11.0 Å². The first-order chi connectivity index (χ1) is 7.85. The SMILES string of the molecule is Cc1cc(=O)oc2cc(SC(F)(F)[18F])ccc12. The summed E-state index contributed by atoms with van der Waals surface area (Å²) >= 11 is -0.235. The Morgan fingerprint density at radius 2 is 1.94 bits per heavy atom. The van der Waals surface area contributed by atoms with Crippen molar-refractivity contribution < 1.29 is 17.6 Å². The molecule has 90 valence electrons. The van der Waals surface area contributed by atoms with E-state index in [4.69, 9.17) is 4.42 Å². The number of fused-ring (bicyclic) bond motifs is 1. The lowest BCUT2D eigenvalue weighted by Gasteiger charge is -2.06. The maximum absolute atomic E-state index is 12.2. The number of rotatable bonds is 1. The van der Waals surface area contributed by atoms with E-state index in [1.807, 2.05) is 0 Å². The molecule has 0 amide bonds. The van der Waals surface area contributed by atoms with Crippen LogP contribution in [0.1, 0.15) is 5.56 Å². The first-order valence-corrected chi connectivity index (χ1v) is 5.47. The van der Waals surface area contributed by atoms with Crippen molar-refractivity contribution in [2.24, 2.45) is 0 Å². The molecule has 0 N–H and O–H groups in total. The zero-order chi connectivity index (χ0) is 12.6. The summed E-state index contributed by atoms with van der Waals surface area (Å²) in [5.41, 5.74) is -4.06. The average Bonchev–Trinajstić information content (AvgIpc) is 2.13. The van der Waals surface area contributed by atoms with Gasteiger partial charge >= 0.3 is 11.1 Å². The van der Waals surface area contributed by atoms with E-state index in [0.29, 0.717) is 10.9 Å². The Labute approximate surface area is 98.4 Å². The fraction of sp³-hybridized carbons (Fsp3) is 0.182. The van der Waals surface area contributed by atoms with Gasteiger partial charge in [0.05, 0.1) is 0 Å². The lowest BCUT2D eigenvalue weighted by Crippen LogP contribution is -2.00. The Hall–Kier alpha value is -1.43. The second kappa shape index (κ2) is 4.10. The minimum absolute atomic E-state index is 0.00116. The highest BCUT2D eigenvalue weighted by Gasteiger charge is 2.29. The van der Waals surface area contributed by atoms with Crippen LogP contribution in [0, 0.1) is 6.92 Å². The van der Waals surface area contributed by atoms with Gasteiger partial charge in [-0.05, 0) is 42.4 Å². The van der Waals surface area contributed by atoms with Gasteiger partial charge in [0.2, 0.25) is 0 Å². The fourth-order valence-corrected chi connectivity index (χ4v) is 2.07. The standard InChI is InChI=1S/C11H7F3O2S/c1-6-4-10(15)16-9-5-7(2-3-8(6)9)17-11(12,13)14/h2-5H,1H3/i12-1. The Bertz CT molecular complexity index is 616. The molecule has 0 aliphatic rings. The van der Waals surface area contributed by atoms with E-state index in [1.165, 1.54) is 24.3 Å². The van der Waals surface area contributed by atoms with Crippen LogP contribution < -0.4 is 5.63 Å². The Kier molecular flexibility index (Phi) is 2.91. The number of alkyl halides is 3. The average molecular weight is 259 g/mol. The molecule has 2 aromatic rings. The summed E-state index contributed by atoms with van der Waals surface area (Å²) in [5, 5.41) is 0.635. The second-order valence-electron chi connectivity index (χ2n) is 3.45. The Balaban J connectivity index is 2.54. The maximum atomic E-state index is 12.2. The van der Waals surface area contributed by atoms with Crippen LogP contribution in [0.2, 0.25) is 0 Å². The summed E-state index contributed by atoms with van der Waals surface area (Å²) < 4.78 is 41.4. The monoisotopic (exact) mass is 259 g/mol. The van der Waals surface area contributed by atoms with Crippen molar-refractivity contribution in [3.05, 3.63) is 40.2 Å². The Morgan fingerprint density at radius 3 is 2.59 bits per heavy atom. The molecule has 2 rings (SSSR count). The molecular formula is C11H7F3O2S. The van der Waals surface area contributed by atoms with Gasteiger partial charge in [0, 0.05) is 16.3 Å². The van der Waals surface area contributed by atoms with Crippen molar-refractivity contribution >= 4 is 22.7 Å². The predicted octanol–water partition coefficient (Wildman–Crippen LogP) is 3.71. The summed E-state index contributed by atoms with van der Waals surface area (Å²) in [7, 11) is 0. The van der Waals surface area contributed by atoms with Crippen LogP contribution in [-0.4, -0.2) is 5.51 Å². The molecule has 0 unspecified atom stereocenters. The van der Waals surface area contributed by atoms with Gasteiger partial charge in [0.25, 0.3) is 0 Å². The third-order valence-electron chi connectivity index (χ3n) is 2.16. The molecule has 0 radical (unpaired) electrons. The van der Waals surface area contributed by atoms with E-state index in [-0.39, 0.29) is 22.2 Å². The molecule has 6 heteroatoms. The molecule has 1 aromatic carbocycles. The molecule has 17 heavy (non-hydrogen) atoms. The summed E-state index contributed by atoms with van der Waals surface area (Å²) in [4.78, 5) is 11.1. The molecule has 0 atom stereocenters. The summed E-state index contributed by atoms with van der Waals surface area (Å²) in [6, 6.07) is 5.40. The van der Waals surface area contributed by atoms with Gasteiger partial charge in [-0.2, -0.15) is 13.2 Å². The number of halogens is 3. The first kappa shape index (κ1) is 12.0. The van der Waals surface area contributed by atoms with Crippen molar-refractivity contribution in [1.82, 2.24) is 0 Å². The normalized spacial score (nSPS) is 12.0. The van der Waals surface area contributed by atoms with Crippen LogP contribution in [0.5, 0.6) is 0 Å². The highest BCUT2D eigenvalue weighted by atomic mass is 32.2. The van der Waals surface area contributed by atoms with E-state index in [0.717, 1.165) is 0 Å². The van der Waals surface area contributed by atoms with Crippen molar-refractivity contribution in [3.8, 4) is 0 Å². The number of aryl methyl sites for hydroxylation is 1. The minimum Gasteiger partial charge on any atom is -0.423 e. The van der Waals surface area contributed by atoms with Gasteiger partial charge in [-0.15, -0.1) is 0 Å². The van der Waals surface area contributed by atoms with Crippen LogP contribution in [0.15, 0.2) is 38.4 Å². The lowest BCUT2D eigenvalue weighted by atomic mass is 10.1. The number of hydrogen-bond donors (Lipinski definition) is 0. The third kappa shape index (κ3) is 2.82. The second-order valence-corrected chi connectivity index (χ2v) is 4.59. The highest BCUT2D eigenvalue weighted by Crippen LogP contribution is 2.37. The van der Waals surface area contributed by atoms with Gasteiger partial charge in [0.1, 0.15) is 5.58 Å². The molecule has 1 aromatic heterocycles. The smallest absolute Gasteiger partial charge is 0.423 e. The zero-order valence-electron chi connectivity index (χ0n) is 8.67. The largest absolute Gasteiger partial charge is 0.446 e. The highest BCUT2D eigenvalue weighted by molar-refractivity contribution is 8.00. The van der Waals surface area contributed by atoms with Gasteiger partial charge in [-0.1, -0.05) is 0 Å². The predicted molar refractivity (Wildman–Crippen MR) is 59.1 cm³/mol. The van der Waals surface area contributed by atoms with Gasteiger partial charge in [-0.25, -0.2) is 4.79 Å². The van der Waals surface area contributed by atoms with Crippen molar-refractivity contribution in [1.29, 1.82) is 0 Å². The van der Waals surface area contributed by atoms with E-state index in [1.54, 1.807) is 6.92 Å². The fourth-order valence-electron chi connectivity index (χ4n) is 1.50. The van der Waals surface area contributed by atoms with Crippen molar-refractivity contribution in [3.63, 3.8) is 0 Å². The zero-order valence-corrected chi connectivity index (χ0v) is 9.48. The van der Waals surface area contributed by atoms with Crippen molar-refractivity contribution in [2.75, 3.05) is 0 Å². The third-order valence-corrected chi connectivity index (χ3v) is 2.88. The molecule has 0 saturated heterocycles. The molecule has 1 heterocycles. The molecular weight excluding hydrogens is 252 g/mol. The quantitative estimate of drug-likeness (QED) is 0.577. The van der Waals surface area contributed by atoms with E-state index < -0.39 is 11.1 Å². The van der Waals surface area contributed by atoms with E-state index in [2.05, 4.69) is 0 Å². The molecule has 2 nitrogen and oxygen atoms in total. The lowest BCUT2D eigenvalue weighted by molar-refractivity contribution is -0.0328.